The molecule has 4 heteroatoms. The van der Waals surface area contributed by atoms with E-state index in [9.17, 15) is 4.79 Å². The number of carbonyl (C=O) groups is 1. The Kier molecular flexibility index (Phi) is 5.08. The number of hydrogen-bond donors (Lipinski definition) is 2. The van der Waals surface area contributed by atoms with Crippen molar-refractivity contribution >= 4 is 5.91 Å². The van der Waals surface area contributed by atoms with Gasteiger partial charge in [0.15, 0.2) is 0 Å². The van der Waals surface area contributed by atoms with E-state index in [1.54, 1.807) is 20.8 Å². The smallest absolute Gasteiger partial charge is 0.251 e. The van der Waals surface area contributed by atoms with Crippen LogP contribution in [0.3, 0.4) is 0 Å². The lowest BCUT2D eigenvalue weighted by atomic mass is 10.1. The first-order valence-electron chi connectivity index (χ1n) is 4.83. The zero-order valence-electron chi connectivity index (χ0n) is 9.63. The first kappa shape index (κ1) is 13.4. The lowest BCUT2D eigenvalue weighted by Crippen LogP contribution is -2.47. The molecule has 0 spiro atoms. The highest BCUT2D eigenvalue weighted by molar-refractivity contribution is 5.84. The van der Waals surface area contributed by atoms with E-state index in [1.165, 1.54) is 7.11 Å². The normalized spacial score (nSPS) is 16.1. The Hall–Kier alpha value is -0.610. The standard InChI is InChI=1S/C10H21NO3/c1-7(6-8(2)12)11-9(13)10(3,4)14-5/h7-8,12H,6H2,1-5H3,(H,11,13). The van der Waals surface area contributed by atoms with Gasteiger partial charge in [0.2, 0.25) is 0 Å². The molecule has 0 saturated heterocycles. The van der Waals surface area contributed by atoms with Gasteiger partial charge < -0.3 is 15.2 Å². The van der Waals surface area contributed by atoms with Crippen molar-refractivity contribution in [1.29, 1.82) is 0 Å². The monoisotopic (exact) mass is 203 g/mol. The summed E-state index contributed by atoms with van der Waals surface area (Å²) < 4.78 is 5.03. The van der Waals surface area contributed by atoms with Gasteiger partial charge in [-0.1, -0.05) is 0 Å². The van der Waals surface area contributed by atoms with E-state index in [4.69, 9.17) is 9.84 Å². The molecule has 2 unspecified atom stereocenters. The van der Waals surface area contributed by atoms with Crippen LogP contribution in [0, 0.1) is 0 Å². The summed E-state index contributed by atoms with van der Waals surface area (Å²) in [5, 5.41) is 11.9. The number of hydrogen-bond acceptors (Lipinski definition) is 3. The number of aliphatic hydroxyl groups is 1. The molecule has 2 N–H and O–H groups in total. The maximum atomic E-state index is 11.6. The molecule has 14 heavy (non-hydrogen) atoms. The summed E-state index contributed by atoms with van der Waals surface area (Å²) in [4.78, 5) is 11.6. The van der Waals surface area contributed by atoms with Crippen molar-refractivity contribution in [2.75, 3.05) is 7.11 Å². The Balaban J connectivity index is 4.06. The molecule has 0 aliphatic heterocycles. The van der Waals surface area contributed by atoms with Gasteiger partial charge in [-0.3, -0.25) is 4.79 Å². The Bertz CT molecular complexity index is 190. The van der Waals surface area contributed by atoms with Crippen molar-refractivity contribution in [3.05, 3.63) is 0 Å². The van der Waals surface area contributed by atoms with E-state index in [0.717, 1.165) is 0 Å². The summed E-state index contributed by atoms with van der Waals surface area (Å²) >= 11 is 0. The lowest BCUT2D eigenvalue weighted by molar-refractivity contribution is -0.140. The van der Waals surface area contributed by atoms with Crippen molar-refractivity contribution in [3.63, 3.8) is 0 Å². The van der Waals surface area contributed by atoms with Gasteiger partial charge in [0, 0.05) is 13.2 Å². The average Bonchev–Trinajstić information content (AvgIpc) is 2.02. The molecule has 0 rings (SSSR count). The Morgan fingerprint density at radius 1 is 1.50 bits per heavy atom. The summed E-state index contributed by atoms with van der Waals surface area (Å²) in [7, 11) is 1.50. The summed E-state index contributed by atoms with van der Waals surface area (Å²) in [6, 6.07) is -0.0445. The molecule has 1 amide bonds. The van der Waals surface area contributed by atoms with Gasteiger partial charge in [-0.05, 0) is 34.1 Å². The van der Waals surface area contributed by atoms with E-state index in [1.807, 2.05) is 6.92 Å². The van der Waals surface area contributed by atoms with Gasteiger partial charge in [-0.25, -0.2) is 0 Å². The van der Waals surface area contributed by atoms with Crippen molar-refractivity contribution in [2.24, 2.45) is 0 Å². The number of ether oxygens (including phenoxy) is 1. The minimum Gasteiger partial charge on any atom is -0.393 e. The van der Waals surface area contributed by atoms with Crippen LogP contribution in [0.25, 0.3) is 0 Å². The maximum Gasteiger partial charge on any atom is 0.251 e. The molecule has 0 aromatic carbocycles. The van der Waals surface area contributed by atoms with Gasteiger partial charge >= 0.3 is 0 Å². The lowest BCUT2D eigenvalue weighted by Gasteiger charge is -2.25. The molecule has 2 atom stereocenters. The zero-order valence-corrected chi connectivity index (χ0v) is 9.63. The molecular formula is C10H21NO3. The molecule has 0 aromatic heterocycles. The summed E-state index contributed by atoms with van der Waals surface area (Å²) in [6.07, 6.45) is 0.141. The van der Waals surface area contributed by atoms with E-state index >= 15 is 0 Å². The Labute approximate surface area is 85.6 Å². The number of nitrogens with one attached hydrogen (secondary N) is 1. The molecule has 0 radical (unpaired) electrons. The van der Waals surface area contributed by atoms with Gasteiger partial charge in [0.25, 0.3) is 5.91 Å². The fourth-order valence-electron chi connectivity index (χ4n) is 1.06. The number of carbonyl (C=O) groups excluding carboxylic acids is 1. The Morgan fingerprint density at radius 2 is 2.00 bits per heavy atom. The van der Waals surface area contributed by atoms with Crippen LogP contribution in [0.15, 0.2) is 0 Å². The van der Waals surface area contributed by atoms with E-state index < -0.39 is 11.7 Å². The molecule has 84 valence electrons. The second-order valence-corrected chi connectivity index (χ2v) is 4.17. The van der Waals surface area contributed by atoms with Crippen LogP contribution in [0.1, 0.15) is 34.1 Å². The van der Waals surface area contributed by atoms with Crippen LogP contribution < -0.4 is 5.32 Å². The number of amides is 1. The summed E-state index contributed by atoms with van der Waals surface area (Å²) in [6.45, 7) is 6.97. The van der Waals surface area contributed by atoms with Gasteiger partial charge in [-0.15, -0.1) is 0 Å². The van der Waals surface area contributed by atoms with Gasteiger partial charge in [0.05, 0.1) is 6.10 Å². The SMILES string of the molecule is COC(C)(C)C(=O)NC(C)CC(C)O. The van der Waals surface area contributed by atoms with Crippen molar-refractivity contribution in [3.8, 4) is 0 Å². The second-order valence-electron chi connectivity index (χ2n) is 4.17. The average molecular weight is 203 g/mol. The molecule has 0 aliphatic carbocycles. The fraction of sp³-hybridized carbons (Fsp3) is 0.900. The topological polar surface area (TPSA) is 58.6 Å². The predicted molar refractivity (Wildman–Crippen MR) is 55.0 cm³/mol. The number of methoxy groups -OCH3 is 1. The molecular weight excluding hydrogens is 182 g/mol. The third-order valence-corrected chi connectivity index (χ3v) is 2.13. The Morgan fingerprint density at radius 3 is 2.36 bits per heavy atom. The molecule has 0 saturated carbocycles. The molecule has 0 fully saturated rings. The van der Waals surface area contributed by atoms with Crippen LogP contribution in [0.4, 0.5) is 0 Å². The van der Waals surface area contributed by atoms with Gasteiger partial charge in [-0.2, -0.15) is 0 Å². The predicted octanol–water partition coefficient (Wildman–Crippen LogP) is 0.687. The number of rotatable bonds is 5. The highest BCUT2D eigenvalue weighted by atomic mass is 16.5. The molecule has 0 heterocycles. The largest absolute Gasteiger partial charge is 0.393 e. The van der Waals surface area contributed by atoms with Crippen LogP contribution >= 0.6 is 0 Å². The van der Waals surface area contributed by atoms with Crippen LogP contribution in [0.2, 0.25) is 0 Å². The molecule has 0 bridgehead atoms. The highest BCUT2D eigenvalue weighted by Gasteiger charge is 2.27. The zero-order chi connectivity index (χ0) is 11.4. The van der Waals surface area contributed by atoms with Gasteiger partial charge in [0.1, 0.15) is 5.60 Å². The van der Waals surface area contributed by atoms with Crippen LogP contribution in [-0.2, 0) is 9.53 Å². The highest BCUT2D eigenvalue weighted by Crippen LogP contribution is 2.08. The molecule has 0 aromatic rings. The first-order chi connectivity index (χ1) is 6.29. The third-order valence-electron chi connectivity index (χ3n) is 2.13. The van der Waals surface area contributed by atoms with Crippen LogP contribution in [0.5, 0.6) is 0 Å². The number of aliphatic hydroxyl groups excluding tert-OH is 1. The van der Waals surface area contributed by atoms with Crippen molar-refractivity contribution in [1.82, 2.24) is 5.32 Å². The van der Waals surface area contributed by atoms with Crippen LogP contribution in [-0.4, -0.2) is 35.9 Å². The van der Waals surface area contributed by atoms with E-state index in [0.29, 0.717) is 6.42 Å². The minimum absolute atomic E-state index is 0.0445. The quantitative estimate of drug-likeness (QED) is 0.691. The van der Waals surface area contributed by atoms with Crippen molar-refractivity contribution < 1.29 is 14.6 Å². The summed E-state index contributed by atoms with van der Waals surface area (Å²) in [5.74, 6) is -0.159. The third kappa shape index (κ3) is 4.58. The van der Waals surface area contributed by atoms with E-state index in [2.05, 4.69) is 5.32 Å². The summed E-state index contributed by atoms with van der Waals surface area (Å²) in [5.41, 5.74) is -0.813. The second kappa shape index (κ2) is 5.32. The maximum absolute atomic E-state index is 11.6. The molecule has 4 nitrogen and oxygen atoms in total. The van der Waals surface area contributed by atoms with Crippen molar-refractivity contribution in [2.45, 2.75) is 51.9 Å². The van der Waals surface area contributed by atoms with E-state index in [-0.39, 0.29) is 11.9 Å². The molecule has 0 aliphatic rings. The first-order valence-corrected chi connectivity index (χ1v) is 4.83. The minimum atomic E-state index is -0.813. The fourth-order valence-corrected chi connectivity index (χ4v) is 1.06.